The Hall–Kier alpha value is -0.800. The Balaban J connectivity index is 3.00. The molecule has 0 spiro atoms. The van der Waals surface area contributed by atoms with Crippen LogP contribution in [0.4, 0.5) is 13.2 Å². The lowest BCUT2D eigenvalue weighted by molar-refractivity contribution is -0.0798. The van der Waals surface area contributed by atoms with Crippen molar-refractivity contribution in [3.8, 4) is 0 Å². The third kappa shape index (κ3) is 2.30. The van der Waals surface area contributed by atoms with Gasteiger partial charge >= 0.3 is 15.6 Å². The number of hydrogen-bond donors (Lipinski definition) is 1. The van der Waals surface area contributed by atoms with E-state index in [2.05, 4.69) is 8.92 Å². The van der Waals surface area contributed by atoms with Crippen LogP contribution < -0.4 is 0 Å². The van der Waals surface area contributed by atoms with Crippen molar-refractivity contribution in [1.82, 2.24) is 0 Å². The summed E-state index contributed by atoms with van der Waals surface area (Å²) in [6.07, 6.45) is -2.50. The van der Waals surface area contributed by atoms with E-state index in [1.165, 1.54) is 13.8 Å². The van der Waals surface area contributed by atoms with Gasteiger partial charge in [0.2, 0.25) is 0 Å². The van der Waals surface area contributed by atoms with Gasteiger partial charge in [0.1, 0.15) is 6.10 Å². The smallest absolute Gasteiger partial charge is 0.378 e. The molecule has 16 heavy (non-hydrogen) atoms. The van der Waals surface area contributed by atoms with Gasteiger partial charge < -0.3 is 14.0 Å². The van der Waals surface area contributed by atoms with E-state index in [9.17, 15) is 21.6 Å². The number of aliphatic hydroxyl groups excluding tert-OH is 1. The van der Waals surface area contributed by atoms with E-state index in [1.54, 1.807) is 0 Å². The molecule has 0 saturated heterocycles. The lowest BCUT2D eigenvalue weighted by Crippen LogP contribution is -2.27. The molecular weight excluding hydrogens is 253 g/mol. The highest BCUT2D eigenvalue weighted by Gasteiger charge is 2.50. The van der Waals surface area contributed by atoms with Gasteiger partial charge in [-0.15, -0.1) is 0 Å². The fraction of sp³-hybridized carbons (Fsp3) is 0.714. The Morgan fingerprint density at radius 3 is 2.25 bits per heavy atom. The Bertz CT molecular complexity index is 410. The second-order valence-corrected chi connectivity index (χ2v) is 4.70. The van der Waals surface area contributed by atoms with Gasteiger partial charge in [0.05, 0.1) is 0 Å². The zero-order valence-corrected chi connectivity index (χ0v) is 9.09. The molecule has 1 unspecified atom stereocenters. The Morgan fingerprint density at radius 1 is 1.44 bits per heavy atom. The minimum atomic E-state index is -5.72. The van der Waals surface area contributed by atoms with Gasteiger partial charge in [-0.25, -0.2) is 0 Å². The highest BCUT2D eigenvalue weighted by atomic mass is 32.2. The largest absolute Gasteiger partial charge is 0.534 e. The highest BCUT2D eigenvalue weighted by molar-refractivity contribution is 7.87. The van der Waals surface area contributed by atoms with Crippen LogP contribution in [0.15, 0.2) is 11.3 Å². The second kappa shape index (κ2) is 3.90. The molecule has 0 aromatic heterocycles. The molecule has 1 aliphatic heterocycles. The molecule has 0 bridgehead atoms. The molecule has 0 aromatic rings. The van der Waals surface area contributed by atoms with Crippen molar-refractivity contribution in [2.45, 2.75) is 31.7 Å². The molecule has 9 heteroatoms. The van der Waals surface area contributed by atoms with Crippen molar-refractivity contribution in [1.29, 1.82) is 0 Å². The van der Waals surface area contributed by atoms with Crippen LogP contribution in [0, 0.1) is 0 Å². The zero-order chi connectivity index (χ0) is 12.7. The van der Waals surface area contributed by atoms with E-state index in [4.69, 9.17) is 5.11 Å². The predicted octanol–water partition coefficient (Wildman–Crippen LogP) is 0.864. The molecule has 2 atom stereocenters. The molecule has 0 aromatic carbocycles. The molecule has 1 rings (SSSR count). The van der Waals surface area contributed by atoms with Crippen LogP contribution in [0.5, 0.6) is 0 Å². The monoisotopic (exact) mass is 262 g/mol. The Labute approximate surface area is 89.6 Å². The number of aliphatic hydroxyl groups is 1. The van der Waals surface area contributed by atoms with Crippen LogP contribution in [-0.2, 0) is 19.0 Å². The number of rotatable bonds is 2. The maximum atomic E-state index is 12.0. The minimum Gasteiger partial charge on any atom is -0.378 e. The third-order valence-corrected chi connectivity index (χ3v) is 2.91. The predicted molar refractivity (Wildman–Crippen MR) is 45.3 cm³/mol. The summed E-state index contributed by atoms with van der Waals surface area (Å²) in [5, 5.41) is 9.10. The van der Waals surface area contributed by atoms with Gasteiger partial charge in [-0.3, -0.25) is 0 Å². The Kier molecular flexibility index (Phi) is 3.23. The number of hydrogen-bond acceptors (Lipinski definition) is 5. The summed E-state index contributed by atoms with van der Waals surface area (Å²) in [6.45, 7) is 2.48. The average Bonchev–Trinajstić information content (AvgIpc) is 2.30. The fourth-order valence-corrected chi connectivity index (χ4v) is 1.70. The molecule has 5 nitrogen and oxygen atoms in total. The van der Waals surface area contributed by atoms with Gasteiger partial charge in [-0.1, -0.05) is 0 Å². The first-order valence-corrected chi connectivity index (χ1v) is 5.52. The summed E-state index contributed by atoms with van der Waals surface area (Å²) in [5.41, 5.74) is -5.60. The lowest BCUT2D eigenvalue weighted by atomic mass is 10.2. The molecule has 94 valence electrons. The first-order chi connectivity index (χ1) is 7.06. The zero-order valence-electron chi connectivity index (χ0n) is 8.28. The summed E-state index contributed by atoms with van der Waals surface area (Å²) < 4.78 is 65.9. The first-order valence-electron chi connectivity index (χ1n) is 4.11. The summed E-state index contributed by atoms with van der Waals surface area (Å²) in [6, 6.07) is 0. The van der Waals surface area contributed by atoms with Crippen molar-refractivity contribution in [3.05, 3.63) is 11.3 Å². The SMILES string of the molecule is CC1=C(OS(=O)(=O)C(F)(F)F)C(C)O[C@@H]1O. The van der Waals surface area contributed by atoms with Crippen molar-refractivity contribution in [3.63, 3.8) is 0 Å². The summed E-state index contributed by atoms with van der Waals surface area (Å²) in [7, 11) is -5.72. The maximum Gasteiger partial charge on any atom is 0.534 e. The highest BCUT2D eigenvalue weighted by Crippen LogP contribution is 2.32. The van der Waals surface area contributed by atoms with E-state index in [-0.39, 0.29) is 5.57 Å². The van der Waals surface area contributed by atoms with E-state index < -0.39 is 33.8 Å². The van der Waals surface area contributed by atoms with Crippen molar-refractivity contribution in [2.75, 3.05) is 0 Å². The van der Waals surface area contributed by atoms with Crippen LogP contribution >= 0.6 is 0 Å². The van der Waals surface area contributed by atoms with E-state index in [0.29, 0.717) is 0 Å². The van der Waals surface area contributed by atoms with Crippen LogP contribution in [0.25, 0.3) is 0 Å². The fourth-order valence-electron chi connectivity index (χ4n) is 1.10. The molecule has 1 aliphatic rings. The van der Waals surface area contributed by atoms with Crippen molar-refractivity contribution >= 4 is 10.1 Å². The molecule has 0 aliphatic carbocycles. The second-order valence-electron chi connectivity index (χ2n) is 3.16. The lowest BCUT2D eigenvalue weighted by Gasteiger charge is -2.12. The summed E-state index contributed by atoms with van der Waals surface area (Å²) >= 11 is 0. The van der Waals surface area contributed by atoms with Crippen LogP contribution in [0.3, 0.4) is 0 Å². The molecule has 1 N–H and O–H groups in total. The molecule has 1 heterocycles. The molecule has 0 radical (unpaired) electrons. The topological polar surface area (TPSA) is 72.8 Å². The summed E-state index contributed by atoms with van der Waals surface area (Å²) in [4.78, 5) is 0. The van der Waals surface area contributed by atoms with Crippen molar-refractivity contribution < 1.29 is 35.6 Å². The van der Waals surface area contributed by atoms with Crippen LogP contribution in [0.2, 0.25) is 0 Å². The van der Waals surface area contributed by atoms with Crippen molar-refractivity contribution in [2.24, 2.45) is 0 Å². The van der Waals surface area contributed by atoms with E-state index in [1.807, 2.05) is 0 Å². The van der Waals surface area contributed by atoms with Crippen LogP contribution in [-0.4, -0.2) is 31.4 Å². The van der Waals surface area contributed by atoms with Crippen LogP contribution in [0.1, 0.15) is 13.8 Å². The van der Waals surface area contributed by atoms with Gasteiger partial charge in [0.15, 0.2) is 12.0 Å². The molecule has 0 saturated carbocycles. The number of ether oxygens (including phenoxy) is 1. The van der Waals surface area contributed by atoms with E-state index in [0.717, 1.165) is 0 Å². The van der Waals surface area contributed by atoms with Gasteiger partial charge in [-0.2, -0.15) is 21.6 Å². The average molecular weight is 262 g/mol. The van der Waals surface area contributed by atoms with Gasteiger partial charge in [0.25, 0.3) is 0 Å². The van der Waals surface area contributed by atoms with E-state index >= 15 is 0 Å². The quantitative estimate of drug-likeness (QED) is 0.590. The molecule has 0 amide bonds. The number of halogens is 3. The van der Waals surface area contributed by atoms with Gasteiger partial charge in [0, 0.05) is 5.57 Å². The third-order valence-electron chi connectivity index (χ3n) is 1.94. The minimum absolute atomic E-state index is 0.0969. The summed E-state index contributed by atoms with van der Waals surface area (Å²) in [5.74, 6) is -0.537. The molecular formula is C7H9F3O5S. The standard InChI is InChI=1S/C7H9F3O5S/c1-3-5(4(2)14-6(3)11)15-16(12,13)7(8,9)10/h4,6,11H,1-2H3/t4?,6-/m0/s1. The van der Waals surface area contributed by atoms with Gasteiger partial charge in [-0.05, 0) is 13.8 Å². The first kappa shape index (κ1) is 13.3. The number of alkyl halides is 3. The molecule has 0 fully saturated rings. The normalized spacial score (nSPS) is 27.4. The Morgan fingerprint density at radius 2 is 1.94 bits per heavy atom. The maximum absolute atomic E-state index is 12.0.